The number of methoxy groups -OCH3 is 1. The van der Waals surface area contributed by atoms with E-state index in [2.05, 4.69) is 13.2 Å². The second kappa shape index (κ2) is 5.06. The van der Waals surface area contributed by atoms with Gasteiger partial charge in [-0.1, -0.05) is 12.7 Å². The van der Waals surface area contributed by atoms with E-state index in [0.717, 1.165) is 0 Å². The highest BCUT2D eigenvalue weighted by Crippen LogP contribution is 2.03. The van der Waals surface area contributed by atoms with Gasteiger partial charge in [0.25, 0.3) is 0 Å². The molecular weight excluding hydrogens is 128 g/mol. The Morgan fingerprint density at radius 1 is 1.70 bits per heavy atom. The zero-order chi connectivity index (χ0) is 7.98. The molecule has 0 bridgehead atoms. The topological polar surface area (TPSA) is 18.5 Å². The second-order valence-corrected chi connectivity index (χ2v) is 1.93. The number of hydrogen-bond donors (Lipinski definition) is 0. The van der Waals surface area contributed by atoms with Crippen LogP contribution in [-0.2, 0) is 9.47 Å². The molecule has 0 aliphatic rings. The summed E-state index contributed by atoms with van der Waals surface area (Å²) in [6.45, 7) is 9.58. The van der Waals surface area contributed by atoms with E-state index in [4.69, 9.17) is 9.47 Å². The van der Waals surface area contributed by atoms with Crippen LogP contribution in [0.15, 0.2) is 25.0 Å². The van der Waals surface area contributed by atoms with Gasteiger partial charge in [-0.3, -0.25) is 0 Å². The van der Waals surface area contributed by atoms with Gasteiger partial charge in [0, 0.05) is 0 Å². The average Bonchev–Trinajstić information content (AvgIpc) is 1.98. The molecule has 0 aliphatic heterocycles. The Hall–Kier alpha value is -0.760. The molecule has 10 heavy (non-hydrogen) atoms. The molecule has 1 atom stereocenters. The summed E-state index contributed by atoms with van der Waals surface area (Å²) in [5.74, 6) is 0.641. The number of ether oxygens (including phenoxy) is 2. The Morgan fingerprint density at radius 2 is 2.30 bits per heavy atom. The predicted molar refractivity (Wildman–Crippen MR) is 41.8 cm³/mol. The van der Waals surface area contributed by atoms with Crippen LogP contribution in [0.5, 0.6) is 0 Å². The van der Waals surface area contributed by atoms with Crippen molar-refractivity contribution in [1.29, 1.82) is 0 Å². The number of rotatable bonds is 5. The lowest BCUT2D eigenvalue weighted by Gasteiger charge is -2.12. The molecule has 0 spiro atoms. The van der Waals surface area contributed by atoms with Gasteiger partial charge in [0.05, 0.1) is 13.7 Å². The van der Waals surface area contributed by atoms with Crippen molar-refractivity contribution in [1.82, 2.24) is 0 Å². The van der Waals surface area contributed by atoms with Crippen LogP contribution in [0, 0.1) is 0 Å². The smallest absolute Gasteiger partial charge is 0.117 e. The fourth-order valence-corrected chi connectivity index (χ4v) is 0.471. The van der Waals surface area contributed by atoms with Crippen molar-refractivity contribution in [3.05, 3.63) is 25.0 Å². The van der Waals surface area contributed by atoms with Crippen molar-refractivity contribution < 1.29 is 9.47 Å². The van der Waals surface area contributed by atoms with E-state index in [1.165, 1.54) is 0 Å². The number of hydrogen-bond acceptors (Lipinski definition) is 2. The minimum absolute atomic E-state index is 0.0528. The molecule has 0 fully saturated rings. The maximum Gasteiger partial charge on any atom is 0.117 e. The van der Waals surface area contributed by atoms with E-state index in [1.54, 1.807) is 13.2 Å². The first kappa shape index (κ1) is 9.24. The maximum atomic E-state index is 5.20. The van der Waals surface area contributed by atoms with Crippen molar-refractivity contribution in [3.8, 4) is 0 Å². The first-order chi connectivity index (χ1) is 4.72. The van der Waals surface area contributed by atoms with Crippen molar-refractivity contribution in [2.45, 2.75) is 13.0 Å². The predicted octanol–water partition coefficient (Wildman–Crippen LogP) is 1.74. The first-order valence-corrected chi connectivity index (χ1v) is 3.17. The summed E-state index contributed by atoms with van der Waals surface area (Å²) in [5, 5.41) is 0. The van der Waals surface area contributed by atoms with Crippen LogP contribution < -0.4 is 0 Å². The molecule has 0 aliphatic carbocycles. The molecule has 0 rings (SSSR count). The molecule has 0 amide bonds. The van der Waals surface area contributed by atoms with Crippen LogP contribution in [0.4, 0.5) is 0 Å². The quantitative estimate of drug-likeness (QED) is 0.430. The van der Waals surface area contributed by atoms with Crippen LogP contribution in [0.25, 0.3) is 0 Å². The van der Waals surface area contributed by atoms with E-state index < -0.39 is 0 Å². The molecule has 58 valence electrons. The molecule has 0 heterocycles. The lowest BCUT2D eigenvalue weighted by Crippen LogP contribution is -2.11. The summed E-state index contributed by atoms with van der Waals surface area (Å²) >= 11 is 0. The molecule has 0 aromatic rings. The Balaban J connectivity index is 3.50. The second-order valence-electron chi connectivity index (χ2n) is 1.93. The molecular formula is C8H14O2. The fraction of sp³-hybridized carbons (Fsp3) is 0.500. The molecule has 1 unspecified atom stereocenters. The minimum Gasteiger partial charge on any atom is -0.499 e. The molecule has 0 saturated heterocycles. The van der Waals surface area contributed by atoms with Gasteiger partial charge in [0.1, 0.15) is 11.9 Å². The van der Waals surface area contributed by atoms with Gasteiger partial charge in [0.2, 0.25) is 0 Å². The third-order valence-corrected chi connectivity index (χ3v) is 1.18. The molecule has 0 radical (unpaired) electrons. The van der Waals surface area contributed by atoms with Crippen molar-refractivity contribution in [3.63, 3.8) is 0 Å². The largest absolute Gasteiger partial charge is 0.499 e. The standard InChI is InChI=1S/C8H14O2/c1-5-6-10-8(3)7(2)9-4/h5,8H,1-2,6H2,3-4H3. The lowest BCUT2D eigenvalue weighted by atomic mass is 10.3. The maximum absolute atomic E-state index is 5.20. The summed E-state index contributed by atoms with van der Waals surface area (Å²) in [6, 6.07) is 0. The molecule has 0 aromatic carbocycles. The van der Waals surface area contributed by atoms with Gasteiger partial charge in [-0.05, 0) is 6.92 Å². The van der Waals surface area contributed by atoms with Crippen LogP contribution in [0.2, 0.25) is 0 Å². The van der Waals surface area contributed by atoms with Crippen LogP contribution >= 0.6 is 0 Å². The highest BCUT2D eigenvalue weighted by molar-refractivity contribution is 4.89. The Kier molecular flexibility index (Phi) is 4.67. The minimum atomic E-state index is -0.0528. The summed E-state index contributed by atoms with van der Waals surface area (Å²) in [4.78, 5) is 0. The van der Waals surface area contributed by atoms with Gasteiger partial charge < -0.3 is 9.47 Å². The summed E-state index contributed by atoms with van der Waals surface area (Å²) in [7, 11) is 1.58. The van der Waals surface area contributed by atoms with Gasteiger partial charge in [0.15, 0.2) is 0 Å². The summed E-state index contributed by atoms with van der Waals surface area (Å²) in [5.41, 5.74) is 0. The monoisotopic (exact) mass is 142 g/mol. The Bertz CT molecular complexity index is 118. The fourth-order valence-electron chi connectivity index (χ4n) is 0.471. The van der Waals surface area contributed by atoms with Crippen LogP contribution in [0.1, 0.15) is 6.92 Å². The van der Waals surface area contributed by atoms with Crippen molar-refractivity contribution in [2.24, 2.45) is 0 Å². The van der Waals surface area contributed by atoms with Gasteiger partial charge in [-0.2, -0.15) is 0 Å². The average molecular weight is 142 g/mol. The highest BCUT2D eigenvalue weighted by Gasteiger charge is 2.04. The normalized spacial score (nSPS) is 12.2. The molecule has 0 aromatic heterocycles. The van der Waals surface area contributed by atoms with E-state index in [9.17, 15) is 0 Å². The molecule has 2 nitrogen and oxygen atoms in total. The molecule has 0 N–H and O–H groups in total. The van der Waals surface area contributed by atoms with Gasteiger partial charge in [-0.25, -0.2) is 0 Å². The van der Waals surface area contributed by atoms with Gasteiger partial charge in [-0.15, -0.1) is 6.58 Å². The van der Waals surface area contributed by atoms with Crippen LogP contribution in [-0.4, -0.2) is 19.8 Å². The summed E-state index contributed by atoms with van der Waals surface area (Å²) < 4.78 is 10.1. The Morgan fingerprint density at radius 3 is 2.70 bits per heavy atom. The molecule has 2 heteroatoms. The van der Waals surface area contributed by atoms with Crippen molar-refractivity contribution >= 4 is 0 Å². The van der Waals surface area contributed by atoms with E-state index in [1.807, 2.05) is 6.92 Å². The Labute approximate surface area is 62.1 Å². The molecule has 0 saturated carbocycles. The zero-order valence-corrected chi connectivity index (χ0v) is 6.59. The van der Waals surface area contributed by atoms with E-state index in [-0.39, 0.29) is 6.10 Å². The van der Waals surface area contributed by atoms with Crippen LogP contribution in [0.3, 0.4) is 0 Å². The highest BCUT2D eigenvalue weighted by atomic mass is 16.5. The summed E-state index contributed by atoms with van der Waals surface area (Å²) in [6.07, 6.45) is 1.64. The first-order valence-electron chi connectivity index (χ1n) is 3.17. The van der Waals surface area contributed by atoms with E-state index >= 15 is 0 Å². The zero-order valence-electron chi connectivity index (χ0n) is 6.59. The van der Waals surface area contributed by atoms with Gasteiger partial charge >= 0.3 is 0 Å². The SMILES string of the molecule is C=CCOC(C)C(=C)OC. The van der Waals surface area contributed by atoms with Crippen molar-refractivity contribution in [2.75, 3.05) is 13.7 Å². The van der Waals surface area contributed by atoms with E-state index in [0.29, 0.717) is 12.4 Å². The lowest BCUT2D eigenvalue weighted by molar-refractivity contribution is 0.0697. The third-order valence-electron chi connectivity index (χ3n) is 1.18. The third kappa shape index (κ3) is 3.30.